The van der Waals surface area contributed by atoms with E-state index in [0.717, 1.165) is 6.34 Å². The average molecular weight is 330 g/mol. The zero-order valence-electron chi connectivity index (χ0n) is 12.9. The third-order valence-corrected chi connectivity index (χ3v) is 4.40. The number of aliphatic hydroxyl groups excluding tert-OH is 1. The number of aliphatic hydroxyl groups is 1. The average Bonchev–Trinajstić information content (AvgIpc) is 2.55. The Morgan fingerprint density at radius 2 is 2.12 bits per heavy atom. The number of hydrogen-bond acceptors (Lipinski definition) is 6. The van der Waals surface area contributed by atoms with E-state index in [9.17, 15) is 20.1 Å². The van der Waals surface area contributed by atoms with E-state index < -0.39 is 17.5 Å². The van der Waals surface area contributed by atoms with Gasteiger partial charge in [0.25, 0.3) is 0 Å². The second-order valence-electron chi connectivity index (χ2n) is 5.83. The minimum atomic E-state index is -0.880. The molecule has 24 heavy (non-hydrogen) atoms. The molecule has 126 valence electrons. The molecule has 2 unspecified atom stereocenters. The molecule has 0 spiro atoms. The van der Waals surface area contributed by atoms with E-state index in [1.54, 1.807) is 4.90 Å². The molecular weight excluding hydrogens is 312 g/mol. The van der Waals surface area contributed by atoms with E-state index >= 15 is 0 Å². The second-order valence-corrected chi connectivity index (χ2v) is 5.83. The molecule has 1 fully saturated rings. The van der Waals surface area contributed by atoms with Gasteiger partial charge < -0.3 is 24.6 Å². The zero-order chi connectivity index (χ0) is 17.4. The summed E-state index contributed by atoms with van der Waals surface area (Å²) in [7, 11) is 0. The summed E-state index contributed by atoms with van der Waals surface area (Å²) in [5.74, 6) is -0.916. The molecule has 0 bridgehead atoms. The number of fused-ring (bicyclic) bond motifs is 1. The number of benzene rings is 1. The van der Waals surface area contributed by atoms with Crippen molar-refractivity contribution in [2.75, 3.05) is 13.1 Å². The highest BCUT2D eigenvalue weighted by Gasteiger charge is 2.33. The van der Waals surface area contributed by atoms with Crippen LogP contribution in [0.15, 0.2) is 27.9 Å². The van der Waals surface area contributed by atoms with Gasteiger partial charge in [0.1, 0.15) is 28.2 Å². The summed E-state index contributed by atoms with van der Waals surface area (Å²) in [6.45, 7) is 4.25. The van der Waals surface area contributed by atoms with Crippen molar-refractivity contribution < 1.29 is 19.7 Å². The summed E-state index contributed by atoms with van der Waals surface area (Å²) in [6, 6.07) is 2.48. The smallest absolute Gasteiger partial charge is 0.197 e. The van der Waals surface area contributed by atoms with E-state index in [0.29, 0.717) is 13.0 Å². The molecule has 2 atom stereocenters. The fourth-order valence-electron chi connectivity index (χ4n) is 3.20. The molecule has 2 aromatic rings. The maximum atomic E-state index is 12.3. The highest BCUT2D eigenvalue weighted by Crippen LogP contribution is 2.43. The van der Waals surface area contributed by atoms with Crippen molar-refractivity contribution in [2.24, 2.45) is 0 Å². The minimum Gasteiger partial charge on any atom is -0.507 e. The van der Waals surface area contributed by atoms with E-state index in [2.05, 4.69) is 6.58 Å². The topological polar surface area (TPSA) is 118 Å². The first-order valence-corrected chi connectivity index (χ1v) is 7.54. The molecule has 1 aromatic heterocycles. The molecule has 1 aliphatic rings. The number of nitrogens with zero attached hydrogens (tertiary/aromatic N) is 1. The quantitative estimate of drug-likeness (QED) is 0.501. The first-order valence-electron chi connectivity index (χ1n) is 7.54. The van der Waals surface area contributed by atoms with Gasteiger partial charge >= 0.3 is 0 Å². The summed E-state index contributed by atoms with van der Waals surface area (Å²) in [5.41, 5.74) is -0.253. The van der Waals surface area contributed by atoms with Crippen molar-refractivity contribution in [3.8, 4) is 11.5 Å². The van der Waals surface area contributed by atoms with Gasteiger partial charge in [-0.2, -0.15) is 0 Å². The van der Waals surface area contributed by atoms with Crippen LogP contribution < -0.4 is 5.43 Å². The number of nitrogens with one attached hydrogen (secondary N) is 1. The lowest BCUT2D eigenvalue weighted by atomic mass is 9.85. The van der Waals surface area contributed by atoms with Crippen LogP contribution in [0.25, 0.3) is 17.0 Å². The normalized spacial score (nSPS) is 21.0. The molecule has 0 saturated carbocycles. The Morgan fingerprint density at radius 1 is 1.38 bits per heavy atom. The molecule has 1 aromatic carbocycles. The SMILES string of the molecule is C=Cc1cc(=O)c2c(O)c(C3CCN(C=N)CC3O)c(O)cc2o1. The van der Waals surface area contributed by atoms with Crippen LogP contribution in [0.5, 0.6) is 11.5 Å². The third-order valence-electron chi connectivity index (χ3n) is 4.40. The van der Waals surface area contributed by atoms with Crippen LogP contribution in [0.4, 0.5) is 0 Å². The van der Waals surface area contributed by atoms with Gasteiger partial charge in [-0.25, -0.2) is 0 Å². The molecule has 3 rings (SSSR count). The second kappa shape index (κ2) is 6.01. The summed E-state index contributed by atoms with van der Waals surface area (Å²) >= 11 is 0. The van der Waals surface area contributed by atoms with Crippen molar-refractivity contribution in [1.82, 2.24) is 4.90 Å². The Bertz CT molecular complexity index is 873. The molecular formula is C17H18N2O5. The number of aromatic hydroxyl groups is 2. The van der Waals surface area contributed by atoms with Crippen molar-refractivity contribution in [3.63, 3.8) is 0 Å². The van der Waals surface area contributed by atoms with Crippen LogP contribution >= 0.6 is 0 Å². The maximum absolute atomic E-state index is 12.3. The monoisotopic (exact) mass is 330 g/mol. The molecule has 4 N–H and O–H groups in total. The van der Waals surface area contributed by atoms with Gasteiger partial charge in [0.15, 0.2) is 5.43 Å². The van der Waals surface area contributed by atoms with Crippen molar-refractivity contribution in [2.45, 2.75) is 18.4 Å². The summed E-state index contributed by atoms with van der Waals surface area (Å²) in [5, 5.41) is 38.4. The molecule has 0 aliphatic carbocycles. The highest BCUT2D eigenvalue weighted by molar-refractivity contribution is 5.87. The van der Waals surface area contributed by atoms with Crippen molar-refractivity contribution >= 4 is 23.4 Å². The van der Waals surface area contributed by atoms with Gasteiger partial charge in [-0.3, -0.25) is 10.2 Å². The largest absolute Gasteiger partial charge is 0.507 e. The summed E-state index contributed by atoms with van der Waals surface area (Å²) in [4.78, 5) is 13.9. The lowest BCUT2D eigenvalue weighted by Crippen LogP contribution is -2.41. The van der Waals surface area contributed by atoms with Crippen LogP contribution in [-0.4, -0.2) is 45.8 Å². The zero-order valence-corrected chi connectivity index (χ0v) is 12.9. The number of rotatable bonds is 3. The lowest BCUT2D eigenvalue weighted by Gasteiger charge is -2.35. The molecule has 2 heterocycles. The van der Waals surface area contributed by atoms with E-state index in [1.165, 1.54) is 18.2 Å². The van der Waals surface area contributed by atoms with Gasteiger partial charge in [-0.15, -0.1) is 0 Å². The van der Waals surface area contributed by atoms with E-state index in [-0.39, 0.29) is 40.3 Å². The Kier molecular flexibility index (Phi) is 4.02. The van der Waals surface area contributed by atoms with Crippen LogP contribution in [0.3, 0.4) is 0 Å². The standard InChI is InChI=1S/C17H18N2O5/c1-2-9-5-11(20)16-14(24-9)6-12(21)15(17(16)23)10-3-4-19(8-18)7-13(10)22/h2,5-6,8,10,13,18,21-23H,1,3-4,7H2. The maximum Gasteiger partial charge on any atom is 0.197 e. The predicted molar refractivity (Wildman–Crippen MR) is 89.6 cm³/mol. The van der Waals surface area contributed by atoms with Gasteiger partial charge in [0.05, 0.1) is 12.4 Å². The number of phenols is 2. The van der Waals surface area contributed by atoms with Crippen LogP contribution in [0.1, 0.15) is 23.7 Å². The number of piperidine rings is 1. The Labute approximate surface area is 137 Å². The summed E-state index contributed by atoms with van der Waals surface area (Å²) < 4.78 is 5.42. The number of hydrogen-bond donors (Lipinski definition) is 4. The molecule has 7 heteroatoms. The Hall–Kier alpha value is -2.80. The van der Waals surface area contributed by atoms with Gasteiger partial charge in [-0.05, 0) is 12.5 Å². The molecule has 1 saturated heterocycles. The van der Waals surface area contributed by atoms with Gasteiger partial charge in [0, 0.05) is 36.7 Å². The molecule has 1 aliphatic heterocycles. The number of likely N-dealkylation sites (tertiary alicyclic amines) is 1. The molecule has 7 nitrogen and oxygen atoms in total. The predicted octanol–water partition coefficient (Wildman–Crippen LogP) is 1.60. The lowest BCUT2D eigenvalue weighted by molar-refractivity contribution is 0.0806. The number of β-amino-alcohol motifs (C(OH)–C–C–N with tert-alkyl or cyclic N) is 1. The summed E-state index contributed by atoms with van der Waals surface area (Å²) in [6.07, 6.45) is 2.05. The highest BCUT2D eigenvalue weighted by atomic mass is 16.3. The first-order chi connectivity index (χ1) is 11.5. The van der Waals surface area contributed by atoms with E-state index in [4.69, 9.17) is 9.83 Å². The minimum absolute atomic E-state index is 0.0323. The van der Waals surface area contributed by atoms with Crippen LogP contribution in [0, 0.1) is 5.41 Å². The Balaban J connectivity index is 2.16. The Morgan fingerprint density at radius 3 is 2.75 bits per heavy atom. The van der Waals surface area contributed by atoms with Crippen LogP contribution in [0.2, 0.25) is 0 Å². The van der Waals surface area contributed by atoms with Gasteiger partial charge in [-0.1, -0.05) is 6.58 Å². The molecule has 0 radical (unpaired) electrons. The van der Waals surface area contributed by atoms with Crippen LogP contribution in [-0.2, 0) is 0 Å². The third kappa shape index (κ3) is 2.52. The molecule has 0 amide bonds. The van der Waals surface area contributed by atoms with Crippen molar-refractivity contribution in [1.29, 1.82) is 5.41 Å². The first kappa shape index (κ1) is 16.1. The van der Waals surface area contributed by atoms with Crippen molar-refractivity contribution in [3.05, 3.63) is 40.3 Å². The number of phenolic OH excluding ortho intramolecular Hbond substituents is 2. The fraction of sp³-hybridized carbons (Fsp3) is 0.294. The fourth-order valence-corrected chi connectivity index (χ4v) is 3.20. The van der Waals surface area contributed by atoms with E-state index in [1.807, 2.05) is 0 Å². The van der Waals surface area contributed by atoms with Gasteiger partial charge in [0.2, 0.25) is 0 Å².